The number of esters is 1. The number of carbonyl (C=O) groups is 3. The SMILES string of the molecule is COC(=O)C(=O)/C=C(\[O-])c1ccc(C(=O)c2ccccc2)cc1. The Balaban J connectivity index is 2.19. The second-order valence-electron chi connectivity index (χ2n) is 4.64. The largest absolute Gasteiger partial charge is 0.872 e. The molecule has 0 aliphatic carbocycles. The highest BCUT2D eigenvalue weighted by Gasteiger charge is 2.11. The molecule has 0 amide bonds. The molecule has 0 aliphatic heterocycles. The van der Waals surface area contributed by atoms with E-state index in [0.717, 1.165) is 7.11 Å². The van der Waals surface area contributed by atoms with Crippen LogP contribution in [-0.4, -0.2) is 24.6 Å². The fourth-order valence-electron chi connectivity index (χ4n) is 1.90. The van der Waals surface area contributed by atoms with Crippen molar-refractivity contribution in [2.75, 3.05) is 7.11 Å². The van der Waals surface area contributed by atoms with E-state index in [9.17, 15) is 19.5 Å². The standard InChI is InChI=1S/C18H14O5/c1-23-18(22)16(20)11-15(19)12-7-9-14(10-8-12)17(21)13-5-3-2-4-6-13/h2-11,19H,1H3/p-1/b15-11-. The summed E-state index contributed by atoms with van der Waals surface area (Å²) in [7, 11) is 1.06. The van der Waals surface area contributed by atoms with E-state index in [1.807, 2.05) is 6.07 Å². The molecule has 0 aromatic heterocycles. The summed E-state index contributed by atoms with van der Waals surface area (Å²) >= 11 is 0. The van der Waals surface area contributed by atoms with Crippen molar-refractivity contribution in [3.05, 3.63) is 77.4 Å². The number of carbonyl (C=O) groups excluding carboxylic acids is 3. The molecule has 0 fully saturated rings. The van der Waals surface area contributed by atoms with Crippen molar-refractivity contribution in [3.8, 4) is 0 Å². The van der Waals surface area contributed by atoms with Gasteiger partial charge >= 0.3 is 5.97 Å². The third-order valence-corrected chi connectivity index (χ3v) is 3.12. The minimum atomic E-state index is -1.10. The van der Waals surface area contributed by atoms with Gasteiger partial charge in [0.25, 0.3) is 5.78 Å². The van der Waals surface area contributed by atoms with Crippen LogP contribution in [0.3, 0.4) is 0 Å². The average Bonchev–Trinajstić information content (AvgIpc) is 2.61. The molecule has 0 atom stereocenters. The van der Waals surface area contributed by atoms with Gasteiger partial charge in [-0.25, -0.2) is 4.79 Å². The fraction of sp³-hybridized carbons (Fsp3) is 0.0556. The van der Waals surface area contributed by atoms with Crippen LogP contribution in [0, 0.1) is 0 Å². The molecule has 0 saturated carbocycles. The minimum absolute atomic E-state index is 0.167. The first kappa shape index (κ1) is 16.2. The zero-order chi connectivity index (χ0) is 16.8. The Labute approximate surface area is 132 Å². The topological polar surface area (TPSA) is 83.5 Å². The second-order valence-corrected chi connectivity index (χ2v) is 4.64. The molecule has 2 aromatic rings. The van der Waals surface area contributed by atoms with Gasteiger partial charge in [-0.05, 0) is 11.6 Å². The first-order chi connectivity index (χ1) is 11.0. The molecule has 0 unspecified atom stereocenters. The third kappa shape index (κ3) is 3.91. The van der Waals surface area contributed by atoms with Crippen LogP contribution in [0.25, 0.3) is 5.76 Å². The van der Waals surface area contributed by atoms with Gasteiger partial charge in [0.15, 0.2) is 5.78 Å². The second kappa shape index (κ2) is 7.17. The van der Waals surface area contributed by atoms with Gasteiger partial charge in [0.1, 0.15) is 0 Å². The van der Waals surface area contributed by atoms with E-state index in [1.54, 1.807) is 24.3 Å². The molecule has 2 rings (SSSR count). The molecule has 116 valence electrons. The third-order valence-electron chi connectivity index (χ3n) is 3.12. The monoisotopic (exact) mass is 309 g/mol. The molecule has 0 N–H and O–H groups in total. The number of rotatable bonds is 5. The molecular formula is C18H13O5-. The lowest BCUT2D eigenvalue weighted by molar-refractivity contribution is -0.243. The molecule has 0 bridgehead atoms. The van der Waals surface area contributed by atoms with Crippen LogP contribution in [-0.2, 0) is 14.3 Å². The normalized spacial score (nSPS) is 10.9. The molecule has 0 spiro atoms. The molecule has 5 nitrogen and oxygen atoms in total. The maximum absolute atomic E-state index is 12.2. The Bertz CT molecular complexity index is 758. The van der Waals surface area contributed by atoms with Crippen LogP contribution in [0.2, 0.25) is 0 Å². The Hall–Kier alpha value is -3.21. The van der Waals surface area contributed by atoms with Crippen molar-refractivity contribution < 1.29 is 24.2 Å². The lowest BCUT2D eigenvalue weighted by Gasteiger charge is -2.12. The van der Waals surface area contributed by atoms with Crippen LogP contribution < -0.4 is 5.11 Å². The number of ketones is 2. The van der Waals surface area contributed by atoms with E-state index in [1.165, 1.54) is 24.3 Å². The van der Waals surface area contributed by atoms with E-state index < -0.39 is 17.5 Å². The van der Waals surface area contributed by atoms with Gasteiger partial charge in [-0.2, -0.15) is 0 Å². The molecule has 0 aliphatic rings. The zero-order valence-corrected chi connectivity index (χ0v) is 12.3. The Morgan fingerprint density at radius 1 is 0.870 bits per heavy atom. The van der Waals surface area contributed by atoms with E-state index in [2.05, 4.69) is 4.74 Å². The summed E-state index contributed by atoms with van der Waals surface area (Å²) in [6, 6.07) is 14.6. The lowest BCUT2D eigenvalue weighted by atomic mass is 10.0. The van der Waals surface area contributed by atoms with E-state index >= 15 is 0 Å². The molecule has 0 heterocycles. The smallest absolute Gasteiger partial charge is 0.378 e. The van der Waals surface area contributed by atoms with Crippen molar-refractivity contribution in [3.63, 3.8) is 0 Å². The summed E-state index contributed by atoms with van der Waals surface area (Å²) in [4.78, 5) is 34.5. The highest BCUT2D eigenvalue weighted by atomic mass is 16.5. The highest BCUT2D eigenvalue weighted by molar-refractivity contribution is 6.39. The fourth-order valence-corrected chi connectivity index (χ4v) is 1.90. The number of methoxy groups -OCH3 is 1. The molecule has 5 heteroatoms. The molecule has 23 heavy (non-hydrogen) atoms. The summed E-state index contributed by atoms with van der Waals surface area (Å²) in [6.45, 7) is 0. The predicted molar refractivity (Wildman–Crippen MR) is 81.3 cm³/mol. The van der Waals surface area contributed by atoms with Crippen LogP contribution in [0.4, 0.5) is 0 Å². The number of hydrogen-bond acceptors (Lipinski definition) is 5. The molecule has 0 radical (unpaired) electrons. The van der Waals surface area contributed by atoms with Crippen molar-refractivity contribution in [1.29, 1.82) is 0 Å². The first-order valence-electron chi connectivity index (χ1n) is 6.74. The van der Waals surface area contributed by atoms with Gasteiger partial charge in [-0.1, -0.05) is 60.4 Å². The first-order valence-corrected chi connectivity index (χ1v) is 6.74. The van der Waals surface area contributed by atoms with Gasteiger partial charge in [-0.3, -0.25) is 9.59 Å². The van der Waals surface area contributed by atoms with Crippen molar-refractivity contribution in [2.45, 2.75) is 0 Å². The Morgan fingerprint density at radius 2 is 1.39 bits per heavy atom. The molecule has 0 saturated heterocycles. The number of benzene rings is 2. The zero-order valence-electron chi connectivity index (χ0n) is 12.3. The summed E-state index contributed by atoms with van der Waals surface area (Å²) < 4.78 is 4.23. The summed E-state index contributed by atoms with van der Waals surface area (Å²) in [5.74, 6) is -2.92. The maximum atomic E-state index is 12.2. The number of hydrogen-bond donors (Lipinski definition) is 0. The van der Waals surface area contributed by atoms with Gasteiger partial charge in [0.05, 0.1) is 7.11 Å². The average molecular weight is 309 g/mol. The Morgan fingerprint density at radius 3 is 1.96 bits per heavy atom. The van der Waals surface area contributed by atoms with Crippen molar-refractivity contribution in [1.82, 2.24) is 0 Å². The predicted octanol–water partition coefficient (Wildman–Crippen LogP) is 1.36. The van der Waals surface area contributed by atoms with Gasteiger partial charge in [-0.15, -0.1) is 0 Å². The maximum Gasteiger partial charge on any atom is 0.378 e. The van der Waals surface area contributed by atoms with Crippen LogP contribution in [0.1, 0.15) is 21.5 Å². The van der Waals surface area contributed by atoms with Gasteiger partial charge in [0, 0.05) is 11.1 Å². The lowest BCUT2D eigenvalue weighted by Crippen LogP contribution is -2.15. The van der Waals surface area contributed by atoms with E-state index in [4.69, 9.17) is 0 Å². The van der Waals surface area contributed by atoms with Crippen LogP contribution >= 0.6 is 0 Å². The summed E-state index contributed by atoms with van der Waals surface area (Å²) in [6.07, 6.45) is 0.667. The van der Waals surface area contributed by atoms with Crippen LogP contribution in [0.15, 0.2) is 60.7 Å². The molecule has 2 aromatic carbocycles. The summed E-state index contributed by atoms with van der Waals surface area (Å²) in [5, 5.41) is 11.9. The Kier molecular flexibility index (Phi) is 5.04. The van der Waals surface area contributed by atoms with Gasteiger partial charge in [0.2, 0.25) is 0 Å². The highest BCUT2D eigenvalue weighted by Crippen LogP contribution is 2.14. The quantitative estimate of drug-likeness (QED) is 0.274. The van der Waals surface area contributed by atoms with Crippen molar-refractivity contribution >= 4 is 23.3 Å². The number of ether oxygens (including phenoxy) is 1. The minimum Gasteiger partial charge on any atom is -0.872 e. The van der Waals surface area contributed by atoms with Gasteiger partial charge < -0.3 is 9.84 Å². The van der Waals surface area contributed by atoms with Crippen molar-refractivity contribution in [2.24, 2.45) is 0 Å². The summed E-state index contributed by atoms with van der Waals surface area (Å²) in [5.41, 5.74) is 1.16. The van der Waals surface area contributed by atoms with E-state index in [-0.39, 0.29) is 11.3 Å². The van der Waals surface area contributed by atoms with E-state index in [0.29, 0.717) is 17.2 Å². The molecular weight excluding hydrogens is 296 g/mol. The van der Waals surface area contributed by atoms with Crippen LogP contribution in [0.5, 0.6) is 0 Å².